The Morgan fingerprint density at radius 2 is 1.96 bits per heavy atom. The van der Waals surface area contributed by atoms with Gasteiger partial charge in [-0.15, -0.1) is 0 Å². The number of para-hydroxylation sites is 1. The number of rotatable bonds is 5. The summed E-state index contributed by atoms with van der Waals surface area (Å²) < 4.78 is 6.58. The van der Waals surface area contributed by atoms with Crippen molar-refractivity contribution in [2.75, 3.05) is 13.1 Å². The number of amides is 2. The summed E-state index contributed by atoms with van der Waals surface area (Å²) >= 11 is 3.31. The molecule has 2 amide bonds. The normalized spacial score (nSPS) is 15.3. The summed E-state index contributed by atoms with van der Waals surface area (Å²) in [6.45, 7) is 0.352. The summed E-state index contributed by atoms with van der Waals surface area (Å²) in [5.41, 5.74) is 1.66. The lowest BCUT2D eigenvalue weighted by Gasteiger charge is -2.12. The molecule has 0 radical (unpaired) electrons. The maximum absolute atomic E-state index is 12.0. The summed E-state index contributed by atoms with van der Waals surface area (Å²) in [5.74, 6) is 0.355. The van der Waals surface area contributed by atoms with E-state index >= 15 is 0 Å². The van der Waals surface area contributed by atoms with Crippen molar-refractivity contribution in [2.24, 2.45) is 0 Å². The van der Waals surface area contributed by atoms with Gasteiger partial charge >= 0.3 is 0 Å². The van der Waals surface area contributed by atoms with Gasteiger partial charge in [-0.2, -0.15) is 0 Å². The van der Waals surface area contributed by atoms with Gasteiger partial charge in [-0.05, 0) is 29.8 Å². The Bertz CT molecular complexity index is 738. The van der Waals surface area contributed by atoms with Crippen molar-refractivity contribution in [3.8, 4) is 5.75 Å². The van der Waals surface area contributed by atoms with E-state index in [4.69, 9.17) is 4.74 Å². The third-order valence-electron chi connectivity index (χ3n) is 3.74. The van der Waals surface area contributed by atoms with Gasteiger partial charge in [0.05, 0.1) is 13.1 Å². The second-order valence-electron chi connectivity index (χ2n) is 5.55. The first-order valence-electron chi connectivity index (χ1n) is 7.67. The van der Waals surface area contributed by atoms with Crippen LogP contribution in [0.5, 0.6) is 5.75 Å². The van der Waals surface area contributed by atoms with Crippen molar-refractivity contribution >= 4 is 27.7 Å². The molecular formula is C18H17BrN2O3. The number of carbonyl (C=O) groups is 2. The monoisotopic (exact) mass is 388 g/mol. The van der Waals surface area contributed by atoms with E-state index in [-0.39, 0.29) is 24.5 Å². The average Bonchev–Trinajstić information content (AvgIpc) is 3.00. The fraction of sp³-hybridized carbons (Fsp3) is 0.222. The third-order valence-corrected chi connectivity index (χ3v) is 4.23. The van der Waals surface area contributed by atoms with Crippen LogP contribution in [-0.2, 0) is 11.2 Å². The first kappa shape index (κ1) is 16.5. The summed E-state index contributed by atoms with van der Waals surface area (Å²) in [4.78, 5) is 23.9. The van der Waals surface area contributed by atoms with Crippen LogP contribution in [-0.4, -0.2) is 31.0 Å². The smallest absolute Gasteiger partial charge is 0.251 e. The predicted molar refractivity (Wildman–Crippen MR) is 94.0 cm³/mol. The van der Waals surface area contributed by atoms with Gasteiger partial charge in [0.15, 0.2) is 0 Å². The molecule has 0 fully saturated rings. The molecule has 1 unspecified atom stereocenters. The van der Waals surface area contributed by atoms with Crippen LogP contribution in [0.15, 0.2) is 53.0 Å². The van der Waals surface area contributed by atoms with Gasteiger partial charge in [0.1, 0.15) is 11.9 Å². The Balaban J connectivity index is 1.41. The van der Waals surface area contributed by atoms with Gasteiger partial charge in [-0.1, -0.05) is 40.2 Å². The number of fused-ring (bicyclic) bond motifs is 1. The molecule has 1 aliphatic heterocycles. The minimum atomic E-state index is -0.282. The van der Waals surface area contributed by atoms with Crippen LogP contribution in [0.4, 0.5) is 0 Å². The summed E-state index contributed by atoms with van der Waals surface area (Å²) in [6.07, 6.45) is 0.716. The second kappa shape index (κ2) is 7.49. The minimum absolute atomic E-state index is 0.0628. The van der Waals surface area contributed by atoms with Crippen LogP contribution in [0.2, 0.25) is 0 Å². The fourth-order valence-corrected chi connectivity index (χ4v) is 2.95. The van der Waals surface area contributed by atoms with Crippen LogP contribution >= 0.6 is 15.9 Å². The van der Waals surface area contributed by atoms with Crippen molar-refractivity contribution < 1.29 is 14.3 Å². The predicted octanol–water partition coefficient (Wildman–Crippen LogP) is 2.30. The molecule has 24 heavy (non-hydrogen) atoms. The molecule has 5 nitrogen and oxygen atoms in total. The Hall–Kier alpha value is -2.34. The average molecular weight is 389 g/mol. The summed E-state index contributed by atoms with van der Waals surface area (Å²) in [6, 6.07) is 14.9. The van der Waals surface area contributed by atoms with Gasteiger partial charge in [0.2, 0.25) is 5.91 Å². The SMILES string of the molecule is O=C(CNC(=O)c1cccc(Br)c1)NCC1Cc2ccccc2O1. The molecule has 2 N–H and O–H groups in total. The Morgan fingerprint density at radius 1 is 1.12 bits per heavy atom. The first-order valence-corrected chi connectivity index (χ1v) is 8.46. The largest absolute Gasteiger partial charge is 0.488 e. The highest BCUT2D eigenvalue weighted by Crippen LogP contribution is 2.27. The van der Waals surface area contributed by atoms with E-state index in [1.54, 1.807) is 18.2 Å². The lowest BCUT2D eigenvalue weighted by molar-refractivity contribution is -0.120. The summed E-state index contributed by atoms with van der Waals surface area (Å²) in [7, 11) is 0. The van der Waals surface area contributed by atoms with Gasteiger partial charge < -0.3 is 15.4 Å². The number of carbonyl (C=O) groups excluding carboxylic acids is 2. The van der Waals surface area contributed by atoms with E-state index < -0.39 is 0 Å². The van der Waals surface area contributed by atoms with Crippen molar-refractivity contribution in [3.05, 3.63) is 64.1 Å². The third kappa shape index (κ3) is 4.14. The van der Waals surface area contributed by atoms with Crippen molar-refractivity contribution in [1.82, 2.24) is 10.6 Å². The number of hydrogen-bond acceptors (Lipinski definition) is 3. The van der Waals surface area contributed by atoms with E-state index in [2.05, 4.69) is 26.6 Å². The maximum Gasteiger partial charge on any atom is 0.251 e. The van der Waals surface area contributed by atoms with Crippen molar-refractivity contribution in [3.63, 3.8) is 0 Å². The number of hydrogen-bond donors (Lipinski definition) is 2. The Labute approximate surface area is 148 Å². The molecular weight excluding hydrogens is 372 g/mol. The quantitative estimate of drug-likeness (QED) is 0.825. The lowest BCUT2D eigenvalue weighted by atomic mass is 10.1. The molecule has 3 rings (SSSR count). The molecule has 1 heterocycles. The van der Waals surface area contributed by atoms with E-state index in [1.165, 1.54) is 0 Å². The summed E-state index contributed by atoms with van der Waals surface area (Å²) in [5, 5.41) is 5.40. The van der Waals surface area contributed by atoms with Crippen LogP contribution in [0.25, 0.3) is 0 Å². The Morgan fingerprint density at radius 3 is 2.75 bits per heavy atom. The maximum atomic E-state index is 12.0. The zero-order valence-corrected chi connectivity index (χ0v) is 14.5. The molecule has 0 saturated carbocycles. The van der Waals surface area contributed by atoms with Crippen LogP contribution in [0, 0.1) is 0 Å². The van der Waals surface area contributed by atoms with Gasteiger partial charge in [0.25, 0.3) is 5.91 Å². The van der Waals surface area contributed by atoms with Gasteiger partial charge in [-0.3, -0.25) is 9.59 Å². The number of nitrogens with one attached hydrogen (secondary N) is 2. The number of benzene rings is 2. The Kier molecular flexibility index (Phi) is 5.15. The molecule has 2 aromatic carbocycles. The zero-order chi connectivity index (χ0) is 16.9. The number of halogens is 1. The molecule has 0 aliphatic carbocycles. The van der Waals surface area contributed by atoms with Gasteiger partial charge in [0, 0.05) is 16.5 Å². The molecule has 0 aromatic heterocycles. The van der Waals surface area contributed by atoms with Crippen LogP contribution < -0.4 is 15.4 Å². The van der Waals surface area contributed by atoms with Crippen molar-refractivity contribution in [2.45, 2.75) is 12.5 Å². The van der Waals surface area contributed by atoms with E-state index in [9.17, 15) is 9.59 Å². The van der Waals surface area contributed by atoms with Crippen LogP contribution in [0.1, 0.15) is 15.9 Å². The second-order valence-corrected chi connectivity index (χ2v) is 6.46. The first-order chi connectivity index (χ1) is 11.6. The molecule has 1 aliphatic rings. The fourth-order valence-electron chi connectivity index (χ4n) is 2.55. The van der Waals surface area contributed by atoms with Crippen molar-refractivity contribution in [1.29, 1.82) is 0 Å². The molecule has 0 spiro atoms. The number of ether oxygens (including phenoxy) is 1. The lowest BCUT2D eigenvalue weighted by Crippen LogP contribution is -2.41. The highest BCUT2D eigenvalue weighted by atomic mass is 79.9. The van der Waals surface area contributed by atoms with E-state index in [0.29, 0.717) is 12.1 Å². The molecule has 6 heteroatoms. The molecule has 0 saturated heterocycles. The van der Waals surface area contributed by atoms with E-state index in [1.807, 2.05) is 30.3 Å². The van der Waals surface area contributed by atoms with E-state index in [0.717, 1.165) is 22.2 Å². The van der Waals surface area contributed by atoms with Crippen LogP contribution in [0.3, 0.4) is 0 Å². The van der Waals surface area contributed by atoms with Gasteiger partial charge in [-0.25, -0.2) is 0 Å². The standard InChI is InChI=1S/C18H17BrN2O3/c19-14-6-3-5-13(8-14)18(23)21-11-17(22)20-10-15-9-12-4-1-2-7-16(12)24-15/h1-8,15H,9-11H2,(H,20,22)(H,21,23). The highest BCUT2D eigenvalue weighted by molar-refractivity contribution is 9.10. The minimum Gasteiger partial charge on any atom is -0.488 e. The molecule has 0 bridgehead atoms. The molecule has 2 aromatic rings. The molecule has 124 valence electrons. The highest BCUT2D eigenvalue weighted by Gasteiger charge is 2.22. The zero-order valence-electron chi connectivity index (χ0n) is 12.9. The molecule has 1 atom stereocenters. The topological polar surface area (TPSA) is 67.4 Å².